The van der Waals surface area contributed by atoms with Gasteiger partial charge < -0.3 is 5.73 Å². The van der Waals surface area contributed by atoms with Crippen molar-refractivity contribution in [2.45, 2.75) is 36.7 Å². The molecular weight excluding hydrogens is 318 g/mol. The molecule has 0 aromatic heterocycles. The van der Waals surface area contributed by atoms with Crippen LogP contribution in [0.3, 0.4) is 0 Å². The van der Waals surface area contributed by atoms with Gasteiger partial charge in [-0.2, -0.15) is 4.31 Å². The Morgan fingerprint density at radius 1 is 1.48 bits per heavy atom. The lowest BCUT2D eigenvalue weighted by Crippen LogP contribution is -2.48. The third kappa shape index (κ3) is 3.18. The van der Waals surface area contributed by atoms with Gasteiger partial charge in [0.05, 0.1) is 9.82 Å². The summed E-state index contributed by atoms with van der Waals surface area (Å²) in [5.74, 6) is 0. The van der Waals surface area contributed by atoms with Crippen molar-refractivity contribution < 1.29 is 13.3 Å². The number of nitrogens with two attached hydrogens (primary N) is 1. The second-order valence-corrected chi connectivity index (χ2v) is 7.42. The van der Waals surface area contributed by atoms with Gasteiger partial charge in [0, 0.05) is 24.7 Å². The molecule has 1 fully saturated rings. The summed E-state index contributed by atoms with van der Waals surface area (Å²) in [5, 5.41) is 10.8. The number of hydrogen-bond acceptors (Lipinski definition) is 5. The van der Waals surface area contributed by atoms with Crippen LogP contribution in [0.25, 0.3) is 0 Å². The molecule has 0 bridgehead atoms. The molecule has 9 heteroatoms. The molecule has 0 spiro atoms. The highest BCUT2D eigenvalue weighted by Gasteiger charge is 2.34. The summed E-state index contributed by atoms with van der Waals surface area (Å²) in [5.41, 5.74) is 5.41. The highest BCUT2D eigenvalue weighted by molar-refractivity contribution is 7.89. The van der Waals surface area contributed by atoms with E-state index in [1.54, 1.807) is 6.92 Å². The van der Waals surface area contributed by atoms with E-state index in [9.17, 15) is 18.5 Å². The van der Waals surface area contributed by atoms with E-state index in [-0.39, 0.29) is 22.0 Å². The number of nitrogens with zero attached hydrogens (tertiary/aromatic N) is 2. The zero-order chi connectivity index (χ0) is 15.8. The van der Waals surface area contributed by atoms with Crippen molar-refractivity contribution in [1.29, 1.82) is 0 Å². The normalized spacial score (nSPS) is 24.0. The average molecular weight is 334 g/mol. The molecule has 2 atom stereocenters. The van der Waals surface area contributed by atoms with Crippen LogP contribution in [0.5, 0.6) is 0 Å². The minimum Gasteiger partial charge on any atom is -0.328 e. The van der Waals surface area contributed by atoms with Gasteiger partial charge in [-0.25, -0.2) is 8.42 Å². The molecule has 1 aromatic carbocycles. The summed E-state index contributed by atoms with van der Waals surface area (Å²) >= 11 is 5.71. The zero-order valence-corrected chi connectivity index (χ0v) is 13.0. The Kier molecular flexibility index (Phi) is 4.52. The van der Waals surface area contributed by atoms with Crippen LogP contribution in [0.4, 0.5) is 5.69 Å². The van der Waals surface area contributed by atoms with Gasteiger partial charge in [0.1, 0.15) is 5.02 Å². The molecule has 7 nitrogen and oxygen atoms in total. The van der Waals surface area contributed by atoms with Gasteiger partial charge in [-0.15, -0.1) is 0 Å². The van der Waals surface area contributed by atoms with Crippen molar-refractivity contribution >= 4 is 27.3 Å². The smallest absolute Gasteiger partial charge is 0.289 e. The van der Waals surface area contributed by atoms with Gasteiger partial charge >= 0.3 is 0 Å². The van der Waals surface area contributed by atoms with Crippen LogP contribution >= 0.6 is 11.6 Å². The van der Waals surface area contributed by atoms with Crippen molar-refractivity contribution in [3.63, 3.8) is 0 Å². The van der Waals surface area contributed by atoms with E-state index in [2.05, 4.69) is 0 Å². The molecule has 2 rings (SSSR count). The summed E-state index contributed by atoms with van der Waals surface area (Å²) in [7, 11) is -3.79. The third-order valence-electron chi connectivity index (χ3n) is 3.58. The largest absolute Gasteiger partial charge is 0.328 e. The number of sulfonamides is 1. The average Bonchev–Trinajstić information content (AvgIpc) is 2.38. The molecule has 0 amide bonds. The van der Waals surface area contributed by atoms with E-state index in [0.717, 1.165) is 6.07 Å². The number of halogens is 1. The Morgan fingerprint density at radius 3 is 2.71 bits per heavy atom. The predicted octanol–water partition coefficient (Wildman–Crippen LogP) is 1.75. The number of benzene rings is 1. The molecule has 0 saturated carbocycles. The second-order valence-electron chi connectivity index (χ2n) is 5.12. The van der Waals surface area contributed by atoms with Crippen LogP contribution in [-0.2, 0) is 10.0 Å². The van der Waals surface area contributed by atoms with Gasteiger partial charge in [-0.3, -0.25) is 10.1 Å². The molecule has 1 aliphatic rings. The summed E-state index contributed by atoms with van der Waals surface area (Å²) in [6, 6.07) is 3.25. The van der Waals surface area contributed by atoms with E-state index in [1.165, 1.54) is 16.4 Å². The van der Waals surface area contributed by atoms with E-state index in [0.29, 0.717) is 19.4 Å². The summed E-state index contributed by atoms with van der Waals surface area (Å²) < 4.78 is 26.6. The first-order valence-electron chi connectivity index (χ1n) is 6.45. The predicted molar refractivity (Wildman–Crippen MR) is 78.7 cm³/mol. The van der Waals surface area contributed by atoms with Crippen LogP contribution in [0.2, 0.25) is 5.02 Å². The van der Waals surface area contributed by atoms with E-state index in [4.69, 9.17) is 17.3 Å². The quantitative estimate of drug-likeness (QED) is 0.669. The maximum absolute atomic E-state index is 12.6. The molecule has 21 heavy (non-hydrogen) atoms. The van der Waals surface area contributed by atoms with Gasteiger partial charge in [-0.1, -0.05) is 11.6 Å². The SMILES string of the molecule is CC1CC(N)CCN1S(=O)(=O)c1ccc(Cl)c([N+](=O)[O-])c1. The monoisotopic (exact) mass is 333 g/mol. The first kappa shape index (κ1) is 16.2. The molecule has 116 valence electrons. The Hall–Kier alpha value is -1.22. The fraction of sp³-hybridized carbons (Fsp3) is 0.500. The highest BCUT2D eigenvalue weighted by atomic mass is 35.5. The zero-order valence-electron chi connectivity index (χ0n) is 11.4. The van der Waals surface area contributed by atoms with Crippen LogP contribution in [-0.4, -0.2) is 36.3 Å². The van der Waals surface area contributed by atoms with Crippen LogP contribution in [0.15, 0.2) is 23.1 Å². The maximum Gasteiger partial charge on any atom is 0.289 e. The summed E-state index contributed by atoms with van der Waals surface area (Å²) in [6.45, 7) is 2.09. The Labute approximate surface area is 127 Å². The van der Waals surface area contributed by atoms with Crippen molar-refractivity contribution in [1.82, 2.24) is 4.31 Å². The Morgan fingerprint density at radius 2 is 2.14 bits per heavy atom. The first-order valence-corrected chi connectivity index (χ1v) is 8.26. The molecule has 0 radical (unpaired) electrons. The standard InChI is InChI=1S/C12H16ClN3O4S/c1-8-6-9(14)4-5-15(8)21(19,20)10-2-3-11(13)12(7-10)16(17)18/h2-3,7-9H,4-6,14H2,1H3. The van der Waals surface area contributed by atoms with Crippen molar-refractivity contribution in [3.8, 4) is 0 Å². The number of rotatable bonds is 3. The summed E-state index contributed by atoms with van der Waals surface area (Å²) in [6.07, 6.45) is 1.13. The topological polar surface area (TPSA) is 107 Å². The number of nitro benzene ring substituents is 1. The first-order chi connectivity index (χ1) is 9.73. The second kappa shape index (κ2) is 5.88. The Bertz CT molecular complexity index is 664. The molecule has 2 unspecified atom stereocenters. The lowest BCUT2D eigenvalue weighted by atomic mass is 10.0. The number of piperidine rings is 1. The van der Waals surface area contributed by atoms with Gasteiger partial charge in [0.2, 0.25) is 10.0 Å². The van der Waals surface area contributed by atoms with E-state index in [1.807, 2.05) is 0 Å². The van der Waals surface area contributed by atoms with Crippen LogP contribution < -0.4 is 5.73 Å². The van der Waals surface area contributed by atoms with E-state index < -0.39 is 20.6 Å². The molecule has 2 N–H and O–H groups in total. The molecule has 1 aromatic rings. The van der Waals surface area contributed by atoms with Crippen molar-refractivity contribution in [2.75, 3.05) is 6.54 Å². The lowest BCUT2D eigenvalue weighted by Gasteiger charge is -2.35. The minimum absolute atomic E-state index is 0.0222. The Balaban J connectivity index is 2.40. The van der Waals surface area contributed by atoms with Gasteiger partial charge in [-0.05, 0) is 31.9 Å². The fourth-order valence-electron chi connectivity index (χ4n) is 2.47. The van der Waals surface area contributed by atoms with Crippen molar-refractivity contribution in [3.05, 3.63) is 33.3 Å². The lowest BCUT2D eigenvalue weighted by molar-refractivity contribution is -0.384. The molecule has 1 saturated heterocycles. The van der Waals surface area contributed by atoms with Crippen LogP contribution in [0.1, 0.15) is 19.8 Å². The van der Waals surface area contributed by atoms with E-state index >= 15 is 0 Å². The van der Waals surface area contributed by atoms with Crippen LogP contribution in [0, 0.1) is 10.1 Å². The highest BCUT2D eigenvalue weighted by Crippen LogP contribution is 2.30. The molecule has 0 aliphatic carbocycles. The van der Waals surface area contributed by atoms with Crippen molar-refractivity contribution in [2.24, 2.45) is 5.73 Å². The molecule has 1 heterocycles. The van der Waals surface area contributed by atoms with Gasteiger partial charge in [0.15, 0.2) is 0 Å². The fourth-order valence-corrected chi connectivity index (χ4v) is 4.34. The maximum atomic E-state index is 12.6. The third-order valence-corrected chi connectivity index (χ3v) is 5.91. The van der Waals surface area contributed by atoms with Gasteiger partial charge in [0.25, 0.3) is 5.69 Å². The minimum atomic E-state index is -3.79. The number of nitro groups is 1. The molecule has 1 aliphatic heterocycles. The summed E-state index contributed by atoms with van der Waals surface area (Å²) in [4.78, 5) is 10.1. The molecular formula is C12H16ClN3O4S. The number of hydrogen-bond donors (Lipinski definition) is 1.